The second-order valence-electron chi connectivity index (χ2n) is 13.9. The first-order chi connectivity index (χ1) is 14.1. The van der Waals surface area contributed by atoms with E-state index in [1.165, 1.54) is 77.0 Å². The third kappa shape index (κ3) is 4.04. The van der Waals surface area contributed by atoms with E-state index in [-0.39, 0.29) is 0 Å². The van der Waals surface area contributed by atoms with E-state index in [4.69, 9.17) is 4.74 Å². The van der Waals surface area contributed by atoms with Gasteiger partial charge in [-0.1, -0.05) is 54.4 Å². The zero-order chi connectivity index (χ0) is 21.7. The van der Waals surface area contributed by atoms with Gasteiger partial charge in [0.2, 0.25) is 0 Å². The summed E-state index contributed by atoms with van der Waals surface area (Å²) < 4.78 is 5.80. The molecular weight excluding hydrogens is 364 g/mol. The van der Waals surface area contributed by atoms with E-state index in [1.807, 2.05) is 7.11 Å². The van der Waals surface area contributed by atoms with Crippen molar-refractivity contribution in [3.8, 4) is 0 Å². The summed E-state index contributed by atoms with van der Waals surface area (Å²) in [6, 6.07) is 0. The van der Waals surface area contributed by atoms with E-state index in [1.54, 1.807) is 0 Å². The molecule has 4 fully saturated rings. The maximum atomic E-state index is 5.80. The van der Waals surface area contributed by atoms with Crippen LogP contribution in [0, 0.1) is 51.8 Å². The molecule has 1 heteroatoms. The first-order valence-electron chi connectivity index (χ1n) is 13.6. The van der Waals surface area contributed by atoms with Crippen LogP contribution < -0.4 is 0 Å². The molecule has 0 saturated heterocycles. The first kappa shape index (κ1) is 23.1. The topological polar surface area (TPSA) is 9.23 Å². The van der Waals surface area contributed by atoms with Crippen molar-refractivity contribution in [3.05, 3.63) is 0 Å². The highest BCUT2D eigenvalue weighted by Crippen LogP contribution is 2.68. The monoisotopic (exact) mass is 416 g/mol. The molecule has 4 rings (SSSR count). The Bertz CT molecular complexity index is 590. The lowest BCUT2D eigenvalue weighted by Crippen LogP contribution is -2.54. The molecule has 0 N–H and O–H groups in total. The van der Waals surface area contributed by atoms with Crippen LogP contribution in [0.4, 0.5) is 0 Å². The molecule has 0 aromatic heterocycles. The summed E-state index contributed by atoms with van der Waals surface area (Å²) >= 11 is 0. The van der Waals surface area contributed by atoms with Gasteiger partial charge in [0.05, 0.1) is 6.10 Å². The van der Waals surface area contributed by atoms with Gasteiger partial charge in [-0.15, -0.1) is 0 Å². The van der Waals surface area contributed by atoms with Crippen LogP contribution in [0.5, 0.6) is 0 Å². The average Bonchev–Trinajstić information content (AvgIpc) is 3.03. The number of hydrogen-bond acceptors (Lipinski definition) is 1. The van der Waals surface area contributed by atoms with E-state index in [9.17, 15) is 0 Å². The maximum Gasteiger partial charge on any atom is 0.0574 e. The van der Waals surface area contributed by atoms with Crippen LogP contribution in [0.2, 0.25) is 0 Å². The summed E-state index contributed by atoms with van der Waals surface area (Å²) in [7, 11) is 1.94. The van der Waals surface area contributed by atoms with Gasteiger partial charge in [0.15, 0.2) is 0 Å². The number of methoxy groups -OCH3 is 1. The Labute approximate surface area is 188 Å². The second-order valence-corrected chi connectivity index (χ2v) is 13.9. The largest absolute Gasteiger partial charge is 0.381 e. The number of fused-ring (bicyclic) bond motifs is 5. The molecule has 9 atom stereocenters. The van der Waals surface area contributed by atoms with Crippen molar-refractivity contribution in [1.29, 1.82) is 0 Å². The predicted octanol–water partition coefficient (Wildman–Crippen LogP) is 8.51. The van der Waals surface area contributed by atoms with Crippen LogP contribution in [0.15, 0.2) is 0 Å². The zero-order valence-corrected chi connectivity index (χ0v) is 21.4. The van der Waals surface area contributed by atoms with Crippen LogP contribution in [-0.2, 0) is 4.74 Å². The summed E-state index contributed by atoms with van der Waals surface area (Å²) in [5.74, 6) is 5.87. The minimum Gasteiger partial charge on any atom is -0.381 e. The molecular formula is C29H52O. The highest BCUT2D eigenvalue weighted by atomic mass is 16.5. The molecule has 0 aromatic rings. The van der Waals surface area contributed by atoms with Crippen molar-refractivity contribution >= 4 is 0 Å². The highest BCUT2D eigenvalue weighted by molar-refractivity contribution is 5.09. The van der Waals surface area contributed by atoms with Crippen LogP contribution in [0.3, 0.4) is 0 Å². The minimum absolute atomic E-state index is 0.496. The van der Waals surface area contributed by atoms with Gasteiger partial charge in [0.1, 0.15) is 0 Å². The van der Waals surface area contributed by atoms with E-state index in [0.717, 1.165) is 35.5 Å². The van der Waals surface area contributed by atoms with Crippen molar-refractivity contribution in [2.75, 3.05) is 7.11 Å². The molecule has 0 bridgehead atoms. The fourth-order valence-electron chi connectivity index (χ4n) is 9.56. The molecule has 0 radical (unpaired) electrons. The molecule has 4 aliphatic carbocycles. The number of rotatable bonds is 5. The Kier molecular flexibility index (Phi) is 6.47. The van der Waals surface area contributed by atoms with Crippen molar-refractivity contribution in [2.24, 2.45) is 51.8 Å². The van der Waals surface area contributed by atoms with Gasteiger partial charge in [-0.3, -0.25) is 0 Å². The molecule has 0 aromatic carbocycles. The van der Waals surface area contributed by atoms with Gasteiger partial charge in [-0.25, -0.2) is 0 Å². The molecule has 0 heterocycles. The fraction of sp³-hybridized carbons (Fsp3) is 1.00. The summed E-state index contributed by atoms with van der Waals surface area (Å²) in [6.07, 6.45) is 18.0. The Morgan fingerprint density at radius 3 is 2.30 bits per heavy atom. The van der Waals surface area contributed by atoms with Crippen molar-refractivity contribution in [2.45, 2.75) is 125 Å². The van der Waals surface area contributed by atoms with Crippen LogP contribution in [-0.4, -0.2) is 13.2 Å². The molecule has 4 saturated carbocycles. The third-order valence-electron chi connectivity index (χ3n) is 11.3. The van der Waals surface area contributed by atoms with Gasteiger partial charge in [-0.05, 0) is 116 Å². The molecule has 0 spiro atoms. The summed E-state index contributed by atoms with van der Waals surface area (Å²) in [5, 5.41) is 0. The van der Waals surface area contributed by atoms with E-state index in [2.05, 4.69) is 41.5 Å². The van der Waals surface area contributed by atoms with Crippen molar-refractivity contribution in [1.82, 2.24) is 0 Å². The van der Waals surface area contributed by atoms with Crippen LogP contribution >= 0.6 is 0 Å². The average molecular weight is 417 g/mol. The first-order valence-corrected chi connectivity index (χ1v) is 13.6. The Morgan fingerprint density at radius 1 is 0.900 bits per heavy atom. The maximum absolute atomic E-state index is 5.80. The predicted molar refractivity (Wildman–Crippen MR) is 128 cm³/mol. The Hall–Kier alpha value is -0.0400. The molecule has 0 unspecified atom stereocenters. The SMILES string of the molecule is CO[C@H]1CC[C@@]2(C)[C@@H](CC[C@@H]3[C@@H]2CC[C@]2(C)[C@@H]([C@H](C)CCCC(C)(C)C)CC[C@@H]32)C1. The molecule has 1 nitrogen and oxygen atoms in total. The van der Waals surface area contributed by atoms with Gasteiger partial charge in [0.25, 0.3) is 0 Å². The van der Waals surface area contributed by atoms with Crippen molar-refractivity contribution in [3.63, 3.8) is 0 Å². The summed E-state index contributed by atoms with van der Waals surface area (Å²) in [4.78, 5) is 0. The second kappa shape index (κ2) is 8.39. The lowest BCUT2D eigenvalue weighted by molar-refractivity contribution is -0.133. The normalized spacial score (nSPS) is 47.3. The van der Waals surface area contributed by atoms with E-state index in [0.29, 0.717) is 22.3 Å². The molecule has 4 aliphatic rings. The summed E-state index contributed by atoms with van der Waals surface area (Å²) in [6.45, 7) is 15.3. The standard InChI is InChI=1S/C29H52O/c1-20(9-8-16-27(2,3)4)24-12-13-25-23-11-10-21-19-22(30-7)14-17-28(21,5)26(23)15-18-29(24,25)6/h20-26H,8-19H2,1-7H3/t20-,21+,22+,23+,24-,25+,26+,28+,29-/m1/s1. The minimum atomic E-state index is 0.496. The van der Waals surface area contributed by atoms with E-state index < -0.39 is 0 Å². The fourth-order valence-corrected chi connectivity index (χ4v) is 9.56. The quantitative estimate of drug-likeness (QED) is 0.436. The van der Waals surface area contributed by atoms with Gasteiger partial charge in [-0.2, -0.15) is 0 Å². The number of ether oxygens (including phenoxy) is 1. The summed E-state index contributed by atoms with van der Waals surface area (Å²) in [5.41, 5.74) is 1.74. The Morgan fingerprint density at radius 2 is 1.60 bits per heavy atom. The third-order valence-corrected chi connectivity index (χ3v) is 11.3. The van der Waals surface area contributed by atoms with Gasteiger partial charge >= 0.3 is 0 Å². The van der Waals surface area contributed by atoms with Crippen LogP contribution in [0.25, 0.3) is 0 Å². The molecule has 174 valence electrons. The van der Waals surface area contributed by atoms with Crippen LogP contribution in [0.1, 0.15) is 119 Å². The Balaban J connectivity index is 1.44. The highest BCUT2D eigenvalue weighted by Gasteiger charge is 2.60. The van der Waals surface area contributed by atoms with Gasteiger partial charge in [0, 0.05) is 7.11 Å². The molecule has 0 amide bonds. The van der Waals surface area contributed by atoms with E-state index >= 15 is 0 Å². The van der Waals surface area contributed by atoms with Gasteiger partial charge < -0.3 is 4.74 Å². The van der Waals surface area contributed by atoms with Crippen molar-refractivity contribution < 1.29 is 4.74 Å². The molecule has 0 aliphatic heterocycles. The lowest BCUT2D eigenvalue weighted by atomic mass is 9.44. The zero-order valence-electron chi connectivity index (χ0n) is 21.4. The molecule has 30 heavy (non-hydrogen) atoms. The lowest BCUT2D eigenvalue weighted by Gasteiger charge is -2.61. The number of hydrogen-bond donors (Lipinski definition) is 0. The smallest absolute Gasteiger partial charge is 0.0574 e.